The third-order valence-electron chi connectivity index (χ3n) is 5.99. The van der Waals surface area contributed by atoms with Crippen LogP contribution in [0.2, 0.25) is 0 Å². The summed E-state index contributed by atoms with van der Waals surface area (Å²) in [5, 5.41) is 4.27. The Kier molecular flexibility index (Phi) is 6.14. The number of carbonyl (C=O) groups is 1. The van der Waals surface area contributed by atoms with Gasteiger partial charge in [0, 0.05) is 23.7 Å². The van der Waals surface area contributed by atoms with Crippen molar-refractivity contribution in [2.45, 2.75) is 26.9 Å². The number of benzene rings is 3. The molecule has 7 heteroatoms. The average molecular weight is 471 g/mol. The molecule has 0 N–H and O–H groups in total. The molecule has 0 radical (unpaired) electrons. The molecule has 3 aromatic carbocycles. The summed E-state index contributed by atoms with van der Waals surface area (Å²) in [6.07, 6.45) is 0. The first-order chi connectivity index (χ1) is 17.0. The van der Waals surface area contributed by atoms with Crippen LogP contribution in [0.3, 0.4) is 0 Å². The van der Waals surface area contributed by atoms with E-state index in [4.69, 9.17) is 18.7 Å². The van der Waals surface area contributed by atoms with Crippen LogP contribution in [-0.4, -0.2) is 29.9 Å². The van der Waals surface area contributed by atoms with E-state index in [0.29, 0.717) is 40.8 Å². The minimum atomic E-state index is -0.124. The minimum absolute atomic E-state index is 0.124. The third-order valence-corrected chi connectivity index (χ3v) is 5.99. The summed E-state index contributed by atoms with van der Waals surface area (Å²) in [6.45, 7) is 4.96. The van der Waals surface area contributed by atoms with Crippen LogP contribution >= 0.6 is 0 Å². The van der Waals surface area contributed by atoms with Crippen LogP contribution < -0.4 is 14.2 Å². The van der Waals surface area contributed by atoms with Gasteiger partial charge in [-0.3, -0.25) is 4.79 Å². The fourth-order valence-electron chi connectivity index (χ4n) is 4.17. The Balaban J connectivity index is 1.42. The number of hydrogen-bond acceptors (Lipinski definition) is 6. The van der Waals surface area contributed by atoms with Gasteiger partial charge in [-0.25, -0.2) is 0 Å². The lowest BCUT2D eigenvalue weighted by Crippen LogP contribution is -2.30. The number of nitrogens with zero attached hydrogens (tertiary/aromatic N) is 2. The Morgan fingerprint density at radius 1 is 0.943 bits per heavy atom. The predicted octanol–water partition coefficient (Wildman–Crippen LogP) is 5.54. The number of methoxy groups -OCH3 is 1. The minimum Gasteiger partial charge on any atom is -0.497 e. The summed E-state index contributed by atoms with van der Waals surface area (Å²) in [4.78, 5) is 15.3. The number of aryl methyl sites for hydroxylation is 2. The molecule has 7 nitrogen and oxygen atoms in total. The maximum Gasteiger partial charge on any atom is 0.254 e. The SMILES string of the molecule is COc1ccc(C(=O)N(Cc2ccc3c(c2)OCO3)Cc2cc(-c3ccc(C)cc3C)on2)cc1. The Labute approximate surface area is 203 Å². The third kappa shape index (κ3) is 4.84. The Hall–Kier alpha value is -4.26. The Morgan fingerprint density at radius 2 is 1.74 bits per heavy atom. The van der Waals surface area contributed by atoms with Crippen molar-refractivity contribution in [2.75, 3.05) is 13.9 Å². The molecular formula is C28H26N2O5. The summed E-state index contributed by atoms with van der Waals surface area (Å²) in [6, 6.07) is 20.9. The van der Waals surface area contributed by atoms with Gasteiger partial charge in [0.05, 0.1) is 13.7 Å². The molecule has 35 heavy (non-hydrogen) atoms. The predicted molar refractivity (Wildman–Crippen MR) is 131 cm³/mol. The van der Waals surface area contributed by atoms with Crippen LogP contribution in [0, 0.1) is 13.8 Å². The molecule has 1 amide bonds. The molecule has 0 aliphatic carbocycles. The first-order valence-electron chi connectivity index (χ1n) is 11.4. The van der Waals surface area contributed by atoms with E-state index >= 15 is 0 Å². The summed E-state index contributed by atoms with van der Waals surface area (Å²) in [5.41, 5.74) is 5.43. The number of hydrogen-bond donors (Lipinski definition) is 0. The Morgan fingerprint density at radius 3 is 2.51 bits per heavy atom. The number of amides is 1. The van der Waals surface area contributed by atoms with Crippen molar-refractivity contribution in [2.24, 2.45) is 0 Å². The number of ether oxygens (including phenoxy) is 3. The van der Waals surface area contributed by atoms with E-state index in [1.54, 1.807) is 36.3 Å². The molecule has 0 fully saturated rings. The van der Waals surface area contributed by atoms with Gasteiger partial charge in [0.1, 0.15) is 11.4 Å². The van der Waals surface area contributed by atoms with Crippen LogP contribution in [0.1, 0.15) is 32.7 Å². The highest BCUT2D eigenvalue weighted by Gasteiger charge is 2.21. The molecule has 1 aromatic heterocycles. The van der Waals surface area contributed by atoms with Gasteiger partial charge in [-0.05, 0) is 61.4 Å². The van der Waals surface area contributed by atoms with Crippen molar-refractivity contribution < 1.29 is 23.5 Å². The van der Waals surface area contributed by atoms with E-state index in [0.717, 1.165) is 16.7 Å². The summed E-state index contributed by atoms with van der Waals surface area (Å²) >= 11 is 0. The second-order valence-corrected chi connectivity index (χ2v) is 8.58. The van der Waals surface area contributed by atoms with E-state index in [2.05, 4.69) is 18.1 Å². The molecule has 0 atom stereocenters. The van der Waals surface area contributed by atoms with Gasteiger partial charge in [0.15, 0.2) is 17.3 Å². The van der Waals surface area contributed by atoms with Crippen molar-refractivity contribution in [3.05, 3.63) is 94.7 Å². The molecule has 0 spiro atoms. The van der Waals surface area contributed by atoms with E-state index < -0.39 is 0 Å². The van der Waals surface area contributed by atoms with Gasteiger partial charge in [-0.1, -0.05) is 35.0 Å². The highest BCUT2D eigenvalue weighted by Crippen LogP contribution is 2.33. The van der Waals surface area contributed by atoms with Crippen molar-refractivity contribution >= 4 is 5.91 Å². The normalized spacial score (nSPS) is 12.0. The zero-order valence-electron chi connectivity index (χ0n) is 19.9. The summed E-state index contributed by atoms with van der Waals surface area (Å²) < 4.78 is 21.8. The molecule has 2 heterocycles. The molecule has 0 bridgehead atoms. The van der Waals surface area contributed by atoms with E-state index in [9.17, 15) is 4.79 Å². The number of aromatic nitrogens is 1. The van der Waals surface area contributed by atoms with E-state index in [1.165, 1.54) is 5.56 Å². The second-order valence-electron chi connectivity index (χ2n) is 8.58. The lowest BCUT2D eigenvalue weighted by atomic mass is 10.0. The van der Waals surface area contributed by atoms with Crippen LogP contribution in [0.5, 0.6) is 17.2 Å². The van der Waals surface area contributed by atoms with Crippen LogP contribution in [0.15, 0.2) is 71.3 Å². The topological polar surface area (TPSA) is 74.0 Å². The van der Waals surface area contributed by atoms with Gasteiger partial charge in [0.2, 0.25) is 6.79 Å². The van der Waals surface area contributed by atoms with Gasteiger partial charge in [0.25, 0.3) is 5.91 Å². The fourth-order valence-corrected chi connectivity index (χ4v) is 4.17. The molecule has 0 saturated carbocycles. The van der Waals surface area contributed by atoms with Gasteiger partial charge in [-0.15, -0.1) is 0 Å². The highest BCUT2D eigenvalue weighted by molar-refractivity contribution is 5.94. The Bertz CT molecular complexity index is 1360. The quantitative estimate of drug-likeness (QED) is 0.353. The van der Waals surface area contributed by atoms with E-state index in [1.807, 2.05) is 43.3 Å². The lowest BCUT2D eigenvalue weighted by molar-refractivity contribution is 0.0726. The standard InChI is InChI=1S/C28H26N2O5/c1-18-4-10-24(19(2)12-18)26-14-22(29-35-26)16-30(28(31)21-6-8-23(32-3)9-7-21)15-20-5-11-25-27(13-20)34-17-33-25/h4-14H,15-17H2,1-3H3. The first-order valence-corrected chi connectivity index (χ1v) is 11.4. The molecule has 0 unspecified atom stereocenters. The van der Waals surface area contributed by atoms with Crippen molar-refractivity contribution in [3.63, 3.8) is 0 Å². The monoisotopic (exact) mass is 470 g/mol. The van der Waals surface area contributed by atoms with Crippen molar-refractivity contribution in [1.82, 2.24) is 10.1 Å². The van der Waals surface area contributed by atoms with Crippen molar-refractivity contribution in [3.8, 4) is 28.6 Å². The van der Waals surface area contributed by atoms with Gasteiger partial charge >= 0.3 is 0 Å². The molecular weight excluding hydrogens is 444 g/mol. The largest absolute Gasteiger partial charge is 0.497 e. The zero-order valence-corrected chi connectivity index (χ0v) is 19.9. The van der Waals surface area contributed by atoms with Gasteiger partial charge in [-0.2, -0.15) is 0 Å². The maximum atomic E-state index is 13.5. The number of carbonyl (C=O) groups excluding carboxylic acids is 1. The summed E-state index contributed by atoms with van der Waals surface area (Å²) in [7, 11) is 1.60. The highest BCUT2D eigenvalue weighted by atomic mass is 16.7. The molecule has 4 aromatic rings. The molecule has 0 saturated heterocycles. The van der Waals surface area contributed by atoms with Gasteiger partial charge < -0.3 is 23.6 Å². The zero-order chi connectivity index (χ0) is 24.4. The molecule has 1 aliphatic rings. The fraction of sp³-hybridized carbons (Fsp3) is 0.214. The van der Waals surface area contributed by atoms with Crippen LogP contribution in [0.4, 0.5) is 0 Å². The van der Waals surface area contributed by atoms with Crippen LogP contribution in [0.25, 0.3) is 11.3 Å². The maximum absolute atomic E-state index is 13.5. The molecule has 1 aliphatic heterocycles. The first kappa shape index (κ1) is 22.5. The average Bonchev–Trinajstić information content (AvgIpc) is 3.52. The van der Waals surface area contributed by atoms with E-state index in [-0.39, 0.29) is 19.2 Å². The summed E-state index contributed by atoms with van der Waals surface area (Å²) in [5.74, 6) is 2.63. The van der Waals surface area contributed by atoms with Crippen LogP contribution in [-0.2, 0) is 13.1 Å². The molecule has 5 rings (SSSR count). The second kappa shape index (κ2) is 9.54. The number of rotatable bonds is 7. The number of fused-ring (bicyclic) bond motifs is 1. The molecule has 178 valence electrons. The smallest absolute Gasteiger partial charge is 0.254 e. The van der Waals surface area contributed by atoms with Crippen molar-refractivity contribution in [1.29, 1.82) is 0 Å². The lowest BCUT2D eigenvalue weighted by Gasteiger charge is -2.22.